The maximum atomic E-state index is 11.8. The van der Waals surface area contributed by atoms with Gasteiger partial charge in [0.25, 0.3) is 5.91 Å². The first kappa shape index (κ1) is 13.1. The molecule has 2 heterocycles. The zero-order chi connectivity index (χ0) is 13.7. The van der Waals surface area contributed by atoms with Crippen LogP contribution in [0.4, 0.5) is 5.95 Å². The van der Waals surface area contributed by atoms with E-state index in [9.17, 15) is 4.79 Å². The Kier molecular flexibility index (Phi) is 4.11. The fourth-order valence-corrected chi connectivity index (χ4v) is 1.68. The van der Waals surface area contributed by atoms with Crippen LogP contribution >= 0.6 is 0 Å². The largest absolute Gasteiger partial charge is 0.367 e. The van der Waals surface area contributed by atoms with Gasteiger partial charge < -0.3 is 11.1 Å². The molecule has 0 aromatic carbocycles. The van der Waals surface area contributed by atoms with E-state index in [1.54, 1.807) is 6.07 Å². The first-order valence-electron chi connectivity index (χ1n) is 6.18. The highest BCUT2D eigenvalue weighted by molar-refractivity contribution is 5.92. The highest BCUT2D eigenvalue weighted by Gasteiger charge is 2.10. The minimum atomic E-state index is -0.203. The second-order valence-electron chi connectivity index (χ2n) is 4.17. The zero-order valence-corrected chi connectivity index (χ0v) is 10.7. The SMILES string of the molecule is CCCc1cc(C(=O)NCCc2nc(N)n[nH]2)n[nH]1. The van der Waals surface area contributed by atoms with Crippen molar-refractivity contribution in [1.29, 1.82) is 0 Å². The van der Waals surface area contributed by atoms with Crippen molar-refractivity contribution in [3.63, 3.8) is 0 Å². The van der Waals surface area contributed by atoms with Crippen LogP contribution in [0.25, 0.3) is 0 Å². The standard InChI is InChI=1S/C11H17N7O/c1-2-3-7-6-8(16-15-7)10(19)13-5-4-9-14-11(12)18-17-9/h6H,2-5H2,1H3,(H,13,19)(H,15,16)(H3,12,14,17,18). The van der Waals surface area contributed by atoms with E-state index in [2.05, 4.69) is 37.6 Å². The van der Waals surface area contributed by atoms with Gasteiger partial charge in [0.05, 0.1) is 0 Å². The van der Waals surface area contributed by atoms with Crippen LogP contribution in [0.5, 0.6) is 0 Å². The van der Waals surface area contributed by atoms with E-state index in [0.717, 1.165) is 18.5 Å². The topological polar surface area (TPSA) is 125 Å². The first-order valence-corrected chi connectivity index (χ1v) is 6.18. The molecule has 0 atom stereocenters. The van der Waals surface area contributed by atoms with Gasteiger partial charge in [0.15, 0.2) is 0 Å². The molecule has 0 spiro atoms. The molecular weight excluding hydrogens is 246 g/mol. The van der Waals surface area contributed by atoms with Crippen LogP contribution in [-0.2, 0) is 12.8 Å². The number of nitrogens with one attached hydrogen (secondary N) is 3. The van der Waals surface area contributed by atoms with Gasteiger partial charge in [0, 0.05) is 18.7 Å². The van der Waals surface area contributed by atoms with Crippen LogP contribution in [0.3, 0.4) is 0 Å². The Morgan fingerprint density at radius 3 is 2.89 bits per heavy atom. The number of aromatic amines is 2. The van der Waals surface area contributed by atoms with E-state index in [1.165, 1.54) is 0 Å². The lowest BCUT2D eigenvalue weighted by atomic mass is 10.2. The molecule has 0 aliphatic carbocycles. The quantitative estimate of drug-likeness (QED) is 0.585. The third-order valence-corrected chi connectivity index (χ3v) is 2.58. The summed E-state index contributed by atoms with van der Waals surface area (Å²) in [6, 6.07) is 1.77. The number of nitrogens with zero attached hydrogens (tertiary/aromatic N) is 3. The van der Waals surface area contributed by atoms with E-state index in [-0.39, 0.29) is 11.9 Å². The van der Waals surface area contributed by atoms with Gasteiger partial charge in [-0.2, -0.15) is 10.1 Å². The molecule has 1 amide bonds. The number of nitrogens with two attached hydrogens (primary N) is 1. The van der Waals surface area contributed by atoms with Crippen molar-refractivity contribution in [2.45, 2.75) is 26.2 Å². The number of rotatable bonds is 6. The Balaban J connectivity index is 1.80. The number of aromatic nitrogens is 5. The summed E-state index contributed by atoms with van der Waals surface area (Å²) in [6.07, 6.45) is 2.44. The highest BCUT2D eigenvalue weighted by atomic mass is 16.1. The second-order valence-corrected chi connectivity index (χ2v) is 4.17. The summed E-state index contributed by atoms with van der Waals surface area (Å²) in [5, 5.41) is 16.0. The van der Waals surface area contributed by atoms with E-state index in [1.807, 2.05) is 0 Å². The molecule has 0 fully saturated rings. The van der Waals surface area contributed by atoms with Crippen LogP contribution in [-0.4, -0.2) is 37.8 Å². The van der Waals surface area contributed by atoms with Gasteiger partial charge >= 0.3 is 0 Å². The van der Waals surface area contributed by atoms with E-state index in [4.69, 9.17) is 5.73 Å². The summed E-state index contributed by atoms with van der Waals surface area (Å²) >= 11 is 0. The number of nitrogen functional groups attached to an aromatic ring is 1. The molecule has 0 aliphatic heterocycles. The van der Waals surface area contributed by atoms with Gasteiger partial charge in [-0.15, -0.1) is 5.10 Å². The average Bonchev–Trinajstić information content (AvgIpc) is 2.99. The summed E-state index contributed by atoms with van der Waals surface area (Å²) in [6.45, 7) is 2.52. The molecule has 0 saturated heterocycles. The van der Waals surface area contributed by atoms with Crippen LogP contribution in [0, 0.1) is 0 Å². The number of anilines is 1. The number of hydrogen-bond donors (Lipinski definition) is 4. The molecule has 2 aromatic rings. The van der Waals surface area contributed by atoms with Crippen LogP contribution in [0.2, 0.25) is 0 Å². The minimum Gasteiger partial charge on any atom is -0.367 e. The predicted octanol–water partition coefficient (Wildman–Crippen LogP) is 0.0350. The Morgan fingerprint density at radius 1 is 1.37 bits per heavy atom. The first-order chi connectivity index (χ1) is 9.19. The van der Waals surface area contributed by atoms with E-state index < -0.39 is 0 Å². The molecule has 0 aliphatic rings. The molecule has 19 heavy (non-hydrogen) atoms. The monoisotopic (exact) mass is 263 g/mol. The zero-order valence-electron chi connectivity index (χ0n) is 10.7. The molecule has 0 saturated carbocycles. The Hall–Kier alpha value is -2.38. The Morgan fingerprint density at radius 2 is 2.21 bits per heavy atom. The third kappa shape index (κ3) is 3.54. The van der Waals surface area contributed by atoms with Crippen molar-refractivity contribution in [3.05, 3.63) is 23.3 Å². The normalized spacial score (nSPS) is 10.6. The van der Waals surface area contributed by atoms with Crippen molar-refractivity contribution in [2.75, 3.05) is 12.3 Å². The number of amides is 1. The molecule has 0 bridgehead atoms. The average molecular weight is 263 g/mol. The lowest BCUT2D eigenvalue weighted by Crippen LogP contribution is -2.26. The third-order valence-electron chi connectivity index (χ3n) is 2.58. The molecule has 2 aromatic heterocycles. The van der Waals surface area contributed by atoms with Crippen LogP contribution < -0.4 is 11.1 Å². The van der Waals surface area contributed by atoms with Crippen molar-refractivity contribution in [2.24, 2.45) is 0 Å². The van der Waals surface area contributed by atoms with Gasteiger partial charge in [0.1, 0.15) is 11.5 Å². The molecule has 8 heteroatoms. The smallest absolute Gasteiger partial charge is 0.271 e. The van der Waals surface area contributed by atoms with Gasteiger partial charge in [-0.05, 0) is 12.5 Å². The lowest BCUT2D eigenvalue weighted by Gasteiger charge is -2.00. The lowest BCUT2D eigenvalue weighted by molar-refractivity contribution is 0.0949. The summed E-state index contributed by atoms with van der Waals surface area (Å²) in [5.74, 6) is 0.649. The molecule has 2 rings (SSSR count). The molecule has 102 valence electrons. The van der Waals surface area contributed by atoms with Gasteiger partial charge in [-0.3, -0.25) is 15.0 Å². The summed E-state index contributed by atoms with van der Waals surface area (Å²) in [5.41, 5.74) is 6.75. The summed E-state index contributed by atoms with van der Waals surface area (Å²) in [7, 11) is 0. The number of hydrogen-bond acceptors (Lipinski definition) is 5. The predicted molar refractivity (Wildman–Crippen MR) is 69.4 cm³/mol. The number of carbonyl (C=O) groups is 1. The van der Waals surface area contributed by atoms with Crippen molar-refractivity contribution in [3.8, 4) is 0 Å². The Bertz CT molecular complexity index is 545. The van der Waals surface area contributed by atoms with Gasteiger partial charge in [-0.1, -0.05) is 13.3 Å². The number of carbonyl (C=O) groups excluding carboxylic acids is 1. The van der Waals surface area contributed by atoms with Gasteiger partial charge in [-0.25, -0.2) is 0 Å². The van der Waals surface area contributed by atoms with E-state index >= 15 is 0 Å². The minimum absolute atomic E-state index is 0.203. The van der Waals surface area contributed by atoms with Crippen molar-refractivity contribution in [1.82, 2.24) is 30.7 Å². The molecular formula is C11H17N7O. The van der Waals surface area contributed by atoms with Crippen molar-refractivity contribution >= 4 is 11.9 Å². The van der Waals surface area contributed by atoms with E-state index in [0.29, 0.717) is 24.5 Å². The summed E-state index contributed by atoms with van der Waals surface area (Å²) in [4.78, 5) is 15.7. The molecule has 8 nitrogen and oxygen atoms in total. The van der Waals surface area contributed by atoms with Gasteiger partial charge in [0.2, 0.25) is 5.95 Å². The van der Waals surface area contributed by atoms with Crippen LogP contribution in [0.15, 0.2) is 6.07 Å². The fourth-order valence-electron chi connectivity index (χ4n) is 1.68. The number of H-pyrrole nitrogens is 2. The number of aryl methyl sites for hydroxylation is 1. The molecule has 5 N–H and O–H groups in total. The Labute approximate surface area is 110 Å². The maximum absolute atomic E-state index is 11.8. The van der Waals surface area contributed by atoms with Crippen molar-refractivity contribution < 1.29 is 4.79 Å². The van der Waals surface area contributed by atoms with Crippen LogP contribution in [0.1, 0.15) is 35.4 Å². The molecule has 0 radical (unpaired) electrons. The summed E-state index contributed by atoms with van der Waals surface area (Å²) < 4.78 is 0. The molecule has 0 unspecified atom stereocenters. The second kappa shape index (κ2) is 5.98. The fraction of sp³-hybridized carbons (Fsp3) is 0.455. The maximum Gasteiger partial charge on any atom is 0.271 e. The highest BCUT2D eigenvalue weighted by Crippen LogP contribution is 2.02.